The summed E-state index contributed by atoms with van der Waals surface area (Å²) >= 11 is 2.19. The van der Waals surface area contributed by atoms with Gasteiger partial charge in [0.25, 0.3) is 5.91 Å². The summed E-state index contributed by atoms with van der Waals surface area (Å²) in [5.74, 6) is 0.760. The molecular weight excluding hydrogens is 429 g/mol. The van der Waals surface area contributed by atoms with Crippen LogP contribution in [0.4, 0.5) is 0 Å². The Balaban J connectivity index is 1.99. The monoisotopic (exact) mass is 451 g/mol. The summed E-state index contributed by atoms with van der Waals surface area (Å²) in [4.78, 5) is 14.2. The van der Waals surface area contributed by atoms with Crippen molar-refractivity contribution < 1.29 is 17.9 Å². The topological polar surface area (TPSA) is 63.7 Å². The Morgan fingerprint density at radius 1 is 1.43 bits per heavy atom. The van der Waals surface area contributed by atoms with Gasteiger partial charge in [-0.3, -0.25) is 4.79 Å². The highest BCUT2D eigenvalue weighted by Crippen LogP contribution is 2.20. The number of ether oxygens (including phenoxy) is 1. The molecule has 1 atom stereocenters. The van der Waals surface area contributed by atoms with Crippen LogP contribution in [-0.2, 0) is 14.6 Å². The van der Waals surface area contributed by atoms with Gasteiger partial charge >= 0.3 is 0 Å². The molecule has 23 heavy (non-hydrogen) atoms. The zero-order valence-corrected chi connectivity index (χ0v) is 16.2. The minimum Gasteiger partial charge on any atom is -0.484 e. The van der Waals surface area contributed by atoms with Crippen LogP contribution in [0.15, 0.2) is 24.3 Å². The van der Waals surface area contributed by atoms with Gasteiger partial charge in [-0.15, -0.1) is 0 Å². The summed E-state index contributed by atoms with van der Waals surface area (Å²) in [6, 6.07) is 7.29. The van der Waals surface area contributed by atoms with Gasteiger partial charge in [0.15, 0.2) is 16.4 Å². The van der Waals surface area contributed by atoms with Crippen molar-refractivity contribution in [3.05, 3.63) is 27.8 Å². The van der Waals surface area contributed by atoms with Crippen LogP contribution in [0.1, 0.15) is 26.2 Å². The van der Waals surface area contributed by atoms with Crippen LogP contribution in [0.2, 0.25) is 0 Å². The highest BCUT2D eigenvalue weighted by atomic mass is 127. The first-order valence-electron chi connectivity index (χ1n) is 7.79. The summed E-state index contributed by atoms with van der Waals surface area (Å²) in [7, 11) is -3.01. The van der Waals surface area contributed by atoms with Crippen molar-refractivity contribution in [2.75, 3.05) is 24.7 Å². The first-order valence-corrected chi connectivity index (χ1v) is 10.7. The molecule has 1 aromatic carbocycles. The molecule has 1 fully saturated rings. The van der Waals surface area contributed by atoms with E-state index in [1.54, 1.807) is 4.90 Å². The number of carbonyl (C=O) groups is 1. The highest BCUT2D eigenvalue weighted by molar-refractivity contribution is 14.1. The van der Waals surface area contributed by atoms with Crippen LogP contribution in [0.5, 0.6) is 5.75 Å². The Morgan fingerprint density at radius 3 is 2.83 bits per heavy atom. The van der Waals surface area contributed by atoms with Gasteiger partial charge in [0.05, 0.1) is 11.5 Å². The van der Waals surface area contributed by atoms with E-state index < -0.39 is 9.84 Å². The van der Waals surface area contributed by atoms with Crippen molar-refractivity contribution in [2.45, 2.75) is 32.2 Å². The fraction of sp³-hybridized carbons (Fsp3) is 0.562. The molecule has 0 aromatic heterocycles. The molecule has 7 heteroatoms. The van der Waals surface area contributed by atoms with Gasteiger partial charge < -0.3 is 9.64 Å². The molecule has 2 rings (SSSR count). The maximum absolute atomic E-state index is 12.5. The van der Waals surface area contributed by atoms with E-state index in [1.165, 1.54) is 0 Å². The second-order valence-electron chi connectivity index (χ2n) is 5.74. The van der Waals surface area contributed by atoms with Crippen molar-refractivity contribution >= 4 is 38.3 Å². The Bertz CT molecular complexity index is 647. The van der Waals surface area contributed by atoms with Crippen LogP contribution in [0.25, 0.3) is 0 Å². The molecule has 1 unspecified atom stereocenters. The quantitative estimate of drug-likeness (QED) is 0.598. The second-order valence-corrected chi connectivity index (χ2v) is 9.22. The number of hydrogen-bond acceptors (Lipinski definition) is 4. The second kappa shape index (κ2) is 8.32. The van der Waals surface area contributed by atoms with Crippen molar-refractivity contribution in [1.82, 2.24) is 4.90 Å². The van der Waals surface area contributed by atoms with Gasteiger partial charge in [-0.1, -0.05) is 19.4 Å². The van der Waals surface area contributed by atoms with Gasteiger partial charge in [-0.25, -0.2) is 8.42 Å². The Morgan fingerprint density at radius 2 is 2.22 bits per heavy atom. The standard InChI is InChI=1S/C16H22INO4S/c1-2-3-8-18(14-7-9-23(20,21)12-14)16(19)11-22-15-6-4-5-13(17)10-15/h4-6,10,14H,2-3,7-9,11-12H2,1H3. The van der Waals surface area contributed by atoms with Crippen LogP contribution < -0.4 is 4.74 Å². The van der Waals surface area contributed by atoms with Crippen LogP contribution >= 0.6 is 22.6 Å². The Kier molecular flexibility index (Phi) is 6.70. The van der Waals surface area contributed by atoms with Gasteiger partial charge in [0.1, 0.15) is 5.75 Å². The van der Waals surface area contributed by atoms with Gasteiger partial charge in [-0.05, 0) is 53.6 Å². The number of nitrogens with zero attached hydrogens (tertiary/aromatic N) is 1. The molecule has 1 amide bonds. The van der Waals surface area contributed by atoms with E-state index >= 15 is 0 Å². The molecule has 0 N–H and O–H groups in total. The normalized spacial score (nSPS) is 19.5. The predicted octanol–water partition coefficient (Wildman–Crippen LogP) is 2.49. The van der Waals surface area contributed by atoms with Crippen molar-refractivity contribution in [3.8, 4) is 5.75 Å². The lowest BCUT2D eigenvalue weighted by Gasteiger charge is -2.28. The minimum absolute atomic E-state index is 0.0552. The number of sulfone groups is 1. The van der Waals surface area contributed by atoms with E-state index in [2.05, 4.69) is 29.5 Å². The first kappa shape index (κ1) is 18.5. The molecule has 5 nitrogen and oxygen atoms in total. The number of carbonyl (C=O) groups excluding carboxylic acids is 1. The molecule has 0 spiro atoms. The molecule has 0 aliphatic carbocycles. The molecule has 0 saturated carbocycles. The molecule has 1 aromatic rings. The van der Waals surface area contributed by atoms with E-state index in [9.17, 15) is 13.2 Å². The van der Waals surface area contributed by atoms with Crippen LogP contribution in [0, 0.1) is 3.57 Å². The minimum atomic E-state index is -3.01. The SMILES string of the molecule is CCCCN(C(=O)COc1cccc(I)c1)C1CCS(=O)(=O)C1. The Hall–Kier alpha value is -0.830. The number of halogens is 1. The average molecular weight is 451 g/mol. The third kappa shape index (κ3) is 5.63. The van der Waals surface area contributed by atoms with Gasteiger partial charge in [0.2, 0.25) is 0 Å². The fourth-order valence-corrected chi connectivity index (χ4v) is 4.89. The Labute approximate surface area is 151 Å². The molecule has 1 aliphatic rings. The first-order chi connectivity index (χ1) is 10.9. The number of amides is 1. The lowest BCUT2D eigenvalue weighted by atomic mass is 10.2. The average Bonchev–Trinajstić information content (AvgIpc) is 2.85. The maximum Gasteiger partial charge on any atom is 0.260 e. The number of unbranched alkanes of at least 4 members (excludes halogenated alkanes) is 1. The fourth-order valence-electron chi connectivity index (χ4n) is 2.65. The molecule has 0 bridgehead atoms. The number of benzene rings is 1. The third-order valence-electron chi connectivity index (χ3n) is 3.88. The summed E-state index contributed by atoms with van der Waals surface area (Å²) in [6.45, 7) is 2.59. The maximum atomic E-state index is 12.5. The van der Waals surface area contributed by atoms with E-state index in [4.69, 9.17) is 4.74 Å². The summed E-state index contributed by atoms with van der Waals surface area (Å²) < 4.78 is 30.0. The van der Waals surface area contributed by atoms with Crippen molar-refractivity contribution in [1.29, 1.82) is 0 Å². The summed E-state index contributed by atoms with van der Waals surface area (Å²) in [5.41, 5.74) is 0. The molecule has 128 valence electrons. The smallest absolute Gasteiger partial charge is 0.260 e. The highest BCUT2D eigenvalue weighted by Gasteiger charge is 2.34. The number of hydrogen-bond donors (Lipinski definition) is 0. The molecule has 1 saturated heterocycles. The van der Waals surface area contributed by atoms with E-state index in [1.807, 2.05) is 24.3 Å². The third-order valence-corrected chi connectivity index (χ3v) is 6.30. The predicted molar refractivity (Wildman–Crippen MR) is 98.3 cm³/mol. The summed E-state index contributed by atoms with van der Waals surface area (Å²) in [5, 5.41) is 0. The van der Waals surface area contributed by atoms with Crippen LogP contribution in [0.3, 0.4) is 0 Å². The molecule has 0 radical (unpaired) electrons. The number of rotatable bonds is 7. The molecular formula is C16H22INO4S. The van der Waals surface area contributed by atoms with E-state index in [0.717, 1.165) is 16.4 Å². The lowest BCUT2D eigenvalue weighted by molar-refractivity contribution is -0.135. The van der Waals surface area contributed by atoms with Gasteiger partial charge in [0, 0.05) is 16.2 Å². The van der Waals surface area contributed by atoms with E-state index in [-0.39, 0.29) is 30.1 Å². The van der Waals surface area contributed by atoms with Gasteiger partial charge in [-0.2, -0.15) is 0 Å². The van der Waals surface area contributed by atoms with Crippen molar-refractivity contribution in [2.24, 2.45) is 0 Å². The zero-order chi connectivity index (χ0) is 16.9. The van der Waals surface area contributed by atoms with E-state index in [0.29, 0.717) is 18.7 Å². The lowest BCUT2D eigenvalue weighted by Crippen LogP contribution is -2.44. The van der Waals surface area contributed by atoms with Crippen LogP contribution in [-0.4, -0.2) is 49.9 Å². The summed E-state index contributed by atoms with van der Waals surface area (Å²) in [6.07, 6.45) is 2.35. The largest absolute Gasteiger partial charge is 0.484 e. The van der Waals surface area contributed by atoms with Crippen molar-refractivity contribution in [3.63, 3.8) is 0 Å². The molecule has 1 aliphatic heterocycles. The zero-order valence-electron chi connectivity index (χ0n) is 13.2. The molecule has 1 heterocycles.